The van der Waals surface area contributed by atoms with Crippen LogP contribution in [0.3, 0.4) is 0 Å². The summed E-state index contributed by atoms with van der Waals surface area (Å²) in [7, 11) is -4.50. The lowest BCUT2D eigenvalue weighted by Crippen LogP contribution is -2.51. The van der Waals surface area contributed by atoms with Gasteiger partial charge in [-0.25, -0.2) is 14.1 Å². The Bertz CT molecular complexity index is 2940. The predicted octanol–water partition coefficient (Wildman–Crippen LogP) is 4.25. The van der Waals surface area contributed by atoms with Crippen LogP contribution in [0.25, 0.3) is 0 Å². The number of sulfonamides is 2. The summed E-state index contributed by atoms with van der Waals surface area (Å²) in [6.07, 6.45) is 14.5. The molecule has 0 unspecified atom stereocenters. The first-order valence-corrected chi connectivity index (χ1v) is 24.5. The zero-order valence-electron chi connectivity index (χ0n) is 37.3. The second kappa shape index (κ2) is 18.6. The third-order valence-corrected chi connectivity index (χ3v) is 14.2. The summed E-state index contributed by atoms with van der Waals surface area (Å²) in [5.41, 5.74) is 16.7. The van der Waals surface area contributed by atoms with Crippen molar-refractivity contribution < 1.29 is 40.9 Å². The number of rotatable bonds is 8. The van der Waals surface area contributed by atoms with Crippen molar-refractivity contribution in [3.63, 3.8) is 0 Å². The number of nitrogens with one attached hydrogen (secondary N) is 2. The number of carbonyl (C=O) groups is 3. The maximum absolute atomic E-state index is 12.5. The molecule has 0 bridgehead atoms. The van der Waals surface area contributed by atoms with Crippen molar-refractivity contribution >= 4 is 60.7 Å². The Kier molecular flexibility index (Phi) is 13.3. The molecule has 18 nitrogen and oxygen atoms in total. The number of nitrogens with zero attached hydrogens (tertiary/aromatic N) is 7. The minimum atomic E-state index is -4.13. The van der Waals surface area contributed by atoms with Gasteiger partial charge in [-0.05, 0) is 137 Å². The highest BCUT2D eigenvalue weighted by Crippen LogP contribution is 2.39. The Hall–Kier alpha value is -6.41. The second-order valence-corrected chi connectivity index (χ2v) is 20.3. The molecule has 0 fully saturated rings. The van der Waals surface area contributed by atoms with Crippen molar-refractivity contribution in [1.82, 2.24) is 24.3 Å². The van der Waals surface area contributed by atoms with Crippen LogP contribution in [-0.4, -0.2) is 74.1 Å². The van der Waals surface area contributed by atoms with Crippen LogP contribution in [0.2, 0.25) is 0 Å². The molecule has 3 heterocycles. The smallest absolute Gasteiger partial charge is 0.388 e. The largest absolute Gasteiger partial charge is 0.806 e. The molecule has 0 spiro atoms. The molecular formula is C45H54N10O8S2. The van der Waals surface area contributed by atoms with Crippen LogP contribution in [0.15, 0.2) is 75.6 Å². The first kappa shape index (κ1) is 46.6. The molecule has 2 aromatic carbocycles. The summed E-state index contributed by atoms with van der Waals surface area (Å²) >= 11 is 0. The van der Waals surface area contributed by atoms with Gasteiger partial charge in [0.05, 0.1) is 12.4 Å². The Morgan fingerprint density at radius 2 is 1.28 bits per heavy atom. The molecule has 344 valence electrons. The van der Waals surface area contributed by atoms with Crippen molar-refractivity contribution in [2.24, 2.45) is 4.40 Å². The van der Waals surface area contributed by atoms with E-state index in [1.54, 1.807) is 18.3 Å². The van der Waals surface area contributed by atoms with Gasteiger partial charge >= 0.3 is 16.1 Å². The standard InChI is InChI=1S/C19H22N4O4S.C14H19N5O3S.C12H13NO/c1-11(2)23-9-8-17(21-23)28(26,27)22-19(25)20-18-13-5-3-4-12(13)10-15-14(18)6-7-16(15)24;1-11(2)19-10-7-13(15-19)23(21,22)16-14(20)18-8-5-12(6-9-18)17(3)4;13-12-8-3-1-2-7(8)6-10-9(12)4-5-11(10)14/h8-11H,3-7H2,1-2H3,(H2,20,22,25);5-11H,1-4H3;6H,1-5,13H2. The van der Waals surface area contributed by atoms with Gasteiger partial charge in [-0.3, -0.25) is 19.0 Å². The van der Waals surface area contributed by atoms with Gasteiger partial charge in [0.2, 0.25) is 5.03 Å². The third kappa shape index (κ3) is 9.97. The van der Waals surface area contributed by atoms with Crippen LogP contribution in [0.5, 0.6) is 0 Å². The first-order chi connectivity index (χ1) is 30.7. The topological polar surface area (TPSA) is 248 Å². The van der Waals surface area contributed by atoms with E-state index in [1.807, 2.05) is 57.5 Å². The van der Waals surface area contributed by atoms with E-state index in [9.17, 15) is 36.3 Å². The molecular weight excluding hydrogens is 873 g/mol. The van der Waals surface area contributed by atoms with Gasteiger partial charge in [0, 0.05) is 96.1 Å². The monoisotopic (exact) mass is 926 g/mol. The molecule has 0 atom stereocenters. The summed E-state index contributed by atoms with van der Waals surface area (Å²) in [6.45, 7) is 7.49. The molecule has 3 aromatic heterocycles. The van der Waals surface area contributed by atoms with Crippen molar-refractivity contribution in [3.05, 3.63) is 106 Å². The minimum absolute atomic E-state index is 0.00445. The number of urea groups is 1. The molecule has 9 rings (SSSR count). The van der Waals surface area contributed by atoms with E-state index in [-0.39, 0.29) is 33.7 Å². The summed E-state index contributed by atoms with van der Waals surface area (Å²) < 4.78 is 58.7. The molecule has 20 heteroatoms. The lowest BCUT2D eigenvalue weighted by atomic mass is 9.98. The highest BCUT2D eigenvalue weighted by atomic mass is 32.2. The Morgan fingerprint density at radius 3 is 1.85 bits per heavy atom. The SMILES string of the molecule is CC(C)n1ccc(S(=O)(=O)N=C([O-])[n+]2ccc(N(C)C)cc2)n1.CC(C)n1ccc(S(=O)(=O)NC(=O)Nc2c3c(cc4c2CCC4=O)CCC3)n1.Nc1c2c(cc3c1CCC3=O)CCC2. The van der Waals surface area contributed by atoms with Gasteiger partial charge in [0.1, 0.15) is 0 Å². The number of benzene rings is 2. The van der Waals surface area contributed by atoms with E-state index in [2.05, 4.69) is 26.0 Å². The maximum Gasteiger partial charge on any atom is 0.388 e. The van der Waals surface area contributed by atoms with Crippen molar-refractivity contribution in [2.45, 2.75) is 114 Å². The molecule has 0 aliphatic heterocycles. The maximum atomic E-state index is 12.5. The number of nitrogens with two attached hydrogens (primary N) is 1. The van der Waals surface area contributed by atoms with Crippen LogP contribution in [0, 0.1) is 0 Å². The fourth-order valence-electron chi connectivity index (χ4n) is 8.39. The van der Waals surface area contributed by atoms with E-state index < -0.39 is 32.1 Å². The number of anilines is 3. The molecule has 0 saturated heterocycles. The third-order valence-electron chi connectivity index (χ3n) is 11.8. The number of amides is 2. The molecule has 4 N–H and O–H groups in total. The van der Waals surface area contributed by atoms with Gasteiger partial charge < -0.3 is 21.1 Å². The van der Waals surface area contributed by atoms with E-state index in [0.29, 0.717) is 30.5 Å². The number of hydrogen-bond acceptors (Lipinski definition) is 12. The number of aromatic nitrogens is 5. The van der Waals surface area contributed by atoms with Crippen molar-refractivity contribution in [2.75, 3.05) is 30.0 Å². The lowest BCUT2D eigenvalue weighted by molar-refractivity contribution is -0.613. The van der Waals surface area contributed by atoms with Crippen molar-refractivity contribution in [1.29, 1.82) is 0 Å². The molecule has 5 aromatic rings. The number of carbonyl (C=O) groups excluding carboxylic acids is 3. The highest BCUT2D eigenvalue weighted by molar-refractivity contribution is 7.90. The minimum Gasteiger partial charge on any atom is -0.806 e. The quantitative estimate of drug-likeness (QED) is 0.0856. The Labute approximate surface area is 378 Å². The molecule has 4 aliphatic rings. The van der Waals surface area contributed by atoms with Gasteiger partial charge in [0.15, 0.2) is 16.6 Å². The molecule has 4 aliphatic carbocycles. The Balaban J connectivity index is 0.000000153. The van der Waals surface area contributed by atoms with Crippen molar-refractivity contribution in [3.8, 4) is 0 Å². The van der Waals surface area contributed by atoms with Crippen LogP contribution >= 0.6 is 0 Å². The molecule has 0 saturated carbocycles. The summed E-state index contributed by atoms with van der Waals surface area (Å²) in [5, 5.41) is 22.2. The number of Topliss-reactive ketones (excluding diaryl/α,β-unsaturated/α-hetero) is 2. The summed E-state index contributed by atoms with van der Waals surface area (Å²) in [6, 6.07) is 8.36. The van der Waals surface area contributed by atoms with Crippen LogP contribution in [0.1, 0.15) is 120 Å². The number of hydrogen-bond donors (Lipinski definition) is 3. The van der Waals surface area contributed by atoms with E-state index in [4.69, 9.17) is 5.73 Å². The average Bonchev–Trinajstić information content (AvgIpc) is 4.11. The van der Waals surface area contributed by atoms with E-state index in [1.165, 1.54) is 57.6 Å². The zero-order valence-corrected chi connectivity index (χ0v) is 38.9. The number of nitrogen functional groups attached to an aromatic ring is 1. The highest BCUT2D eigenvalue weighted by Gasteiger charge is 2.31. The van der Waals surface area contributed by atoms with Crippen LogP contribution < -0.4 is 30.3 Å². The fraction of sp³-hybridized carbons (Fsp3) is 0.400. The number of pyridine rings is 1. The summed E-state index contributed by atoms with van der Waals surface area (Å²) in [5.74, 6) is 0.349. The van der Waals surface area contributed by atoms with E-state index >= 15 is 0 Å². The van der Waals surface area contributed by atoms with Gasteiger partial charge in [-0.2, -0.15) is 27.0 Å². The fourth-order valence-corrected chi connectivity index (χ4v) is 10.1. The molecule has 65 heavy (non-hydrogen) atoms. The molecule has 0 radical (unpaired) electrons. The average molecular weight is 927 g/mol. The van der Waals surface area contributed by atoms with Gasteiger partial charge in [-0.15, -0.1) is 0 Å². The van der Waals surface area contributed by atoms with E-state index in [0.717, 1.165) is 82.3 Å². The lowest BCUT2D eigenvalue weighted by Gasteiger charge is -2.16. The number of aryl methyl sites for hydroxylation is 2. The second-order valence-electron chi connectivity index (χ2n) is 17.1. The van der Waals surface area contributed by atoms with Crippen LogP contribution in [-0.2, 0) is 58.6 Å². The predicted molar refractivity (Wildman–Crippen MR) is 242 cm³/mol. The van der Waals surface area contributed by atoms with Gasteiger partial charge in [-0.1, -0.05) is 0 Å². The molecule has 2 amide bonds. The number of fused-ring (bicyclic) bond motifs is 4. The Morgan fingerprint density at radius 1 is 0.754 bits per heavy atom. The number of ketones is 2. The van der Waals surface area contributed by atoms with Crippen LogP contribution in [0.4, 0.5) is 21.9 Å². The zero-order chi connectivity index (χ0) is 47.0. The summed E-state index contributed by atoms with van der Waals surface area (Å²) in [4.78, 5) is 38.1. The normalized spacial score (nSPS) is 15.2. The van der Waals surface area contributed by atoms with Gasteiger partial charge in [0.25, 0.3) is 16.0 Å². The first-order valence-electron chi connectivity index (χ1n) is 21.6.